The van der Waals surface area contributed by atoms with Crippen LogP contribution in [0.1, 0.15) is 23.2 Å². The van der Waals surface area contributed by atoms with Crippen molar-refractivity contribution in [2.45, 2.75) is 12.8 Å². The van der Waals surface area contributed by atoms with E-state index < -0.39 is 0 Å². The van der Waals surface area contributed by atoms with Crippen molar-refractivity contribution in [1.29, 1.82) is 0 Å². The predicted octanol–water partition coefficient (Wildman–Crippen LogP) is 4.85. The molecule has 0 radical (unpaired) electrons. The van der Waals surface area contributed by atoms with E-state index in [4.69, 9.17) is 4.74 Å². The Hall–Kier alpha value is -2.90. The van der Waals surface area contributed by atoms with Gasteiger partial charge in [0.2, 0.25) is 0 Å². The molecule has 34 heavy (non-hydrogen) atoms. The van der Waals surface area contributed by atoms with Gasteiger partial charge in [-0.2, -0.15) is 0 Å². The standard InChI is InChI=1S/C27H31BrN4O2/c1-34-25-9-3-2-8-24(25)32-19-17-31(18-20-32)16-5-4-15-29-27(33)22-13-11-21(12-14-22)23-7-6-10-26(28)30-23/h2-3,6-14H,4-5,15-20H2,1H3,(H,29,33). The van der Waals surface area contributed by atoms with E-state index >= 15 is 0 Å². The maximum Gasteiger partial charge on any atom is 0.251 e. The lowest BCUT2D eigenvalue weighted by Crippen LogP contribution is -2.46. The average Bonchev–Trinajstić information content (AvgIpc) is 2.89. The lowest BCUT2D eigenvalue weighted by Gasteiger charge is -2.36. The van der Waals surface area contributed by atoms with Gasteiger partial charge >= 0.3 is 0 Å². The van der Waals surface area contributed by atoms with Gasteiger partial charge in [-0.15, -0.1) is 0 Å². The Morgan fingerprint density at radius 1 is 0.971 bits per heavy atom. The molecule has 0 spiro atoms. The first-order chi connectivity index (χ1) is 16.6. The van der Waals surface area contributed by atoms with E-state index in [1.165, 1.54) is 5.69 Å². The zero-order valence-corrected chi connectivity index (χ0v) is 21.1. The third-order valence-electron chi connectivity index (χ3n) is 6.14. The highest BCUT2D eigenvalue weighted by atomic mass is 79.9. The molecule has 1 aliphatic heterocycles. The molecule has 178 valence electrons. The van der Waals surface area contributed by atoms with Crippen molar-refractivity contribution < 1.29 is 9.53 Å². The fraction of sp³-hybridized carbons (Fsp3) is 0.333. The first-order valence-electron chi connectivity index (χ1n) is 11.8. The number of nitrogens with one attached hydrogen (secondary N) is 1. The van der Waals surface area contributed by atoms with E-state index in [9.17, 15) is 4.79 Å². The normalized spacial score (nSPS) is 14.1. The molecule has 0 bridgehead atoms. The fourth-order valence-electron chi connectivity index (χ4n) is 4.23. The number of hydrogen-bond donors (Lipinski definition) is 1. The third kappa shape index (κ3) is 6.36. The lowest BCUT2D eigenvalue weighted by molar-refractivity contribution is 0.0952. The molecule has 2 heterocycles. The largest absolute Gasteiger partial charge is 0.495 e. The minimum absolute atomic E-state index is 0.0285. The molecule has 1 amide bonds. The molecule has 3 aromatic rings. The number of halogens is 1. The monoisotopic (exact) mass is 522 g/mol. The number of benzene rings is 2. The van der Waals surface area contributed by atoms with Gasteiger partial charge in [0.05, 0.1) is 18.5 Å². The minimum atomic E-state index is -0.0285. The molecular formula is C27H31BrN4O2. The van der Waals surface area contributed by atoms with Crippen LogP contribution in [-0.2, 0) is 0 Å². The Labute approximate surface area is 210 Å². The average molecular weight is 523 g/mol. The number of hydrogen-bond acceptors (Lipinski definition) is 5. The molecule has 0 unspecified atom stereocenters. The van der Waals surface area contributed by atoms with Gasteiger partial charge in [0.25, 0.3) is 5.91 Å². The molecule has 1 saturated heterocycles. The number of methoxy groups -OCH3 is 1. The number of anilines is 1. The summed E-state index contributed by atoms with van der Waals surface area (Å²) >= 11 is 3.40. The highest BCUT2D eigenvalue weighted by Gasteiger charge is 2.19. The molecule has 7 heteroatoms. The maximum absolute atomic E-state index is 12.5. The van der Waals surface area contributed by atoms with E-state index in [-0.39, 0.29) is 5.91 Å². The minimum Gasteiger partial charge on any atom is -0.495 e. The summed E-state index contributed by atoms with van der Waals surface area (Å²) in [5.41, 5.74) is 3.72. The predicted molar refractivity (Wildman–Crippen MR) is 141 cm³/mol. The first kappa shape index (κ1) is 24.2. The summed E-state index contributed by atoms with van der Waals surface area (Å²) in [6.45, 7) is 5.84. The van der Waals surface area contributed by atoms with Crippen LogP contribution in [0.2, 0.25) is 0 Å². The van der Waals surface area contributed by atoms with Crippen LogP contribution in [0.5, 0.6) is 5.75 Å². The van der Waals surface area contributed by atoms with Crippen molar-refractivity contribution in [3.8, 4) is 17.0 Å². The zero-order chi connectivity index (χ0) is 23.8. The van der Waals surface area contributed by atoms with Crippen molar-refractivity contribution in [3.05, 3.63) is 76.9 Å². The summed E-state index contributed by atoms with van der Waals surface area (Å²) in [6.07, 6.45) is 2.04. The van der Waals surface area contributed by atoms with Crippen LogP contribution in [0.3, 0.4) is 0 Å². The number of amides is 1. The molecule has 4 rings (SSSR count). The molecule has 0 saturated carbocycles. The number of carbonyl (C=O) groups is 1. The second-order valence-corrected chi connectivity index (χ2v) is 9.20. The van der Waals surface area contributed by atoms with Crippen LogP contribution in [0.25, 0.3) is 11.3 Å². The lowest BCUT2D eigenvalue weighted by atomic mass is 10.1. The van der Waals surface area contributed by atoms with Crippen LogP contribution in [-0.4, -0.2) is 62.2 Å². The molecule has 1 aromatic heterocycles. The van der Waals surface area contributed by atoms with Gasteiger partial charge in [-0.25, -0.2) is 4.98 Å². The number of rotatable bonds is 9. The number of nitrogens with zero attached hydrogens (tertiary/aromatic N) is 3. The maximum atomic E-state index is 12.5. The van der Waals surface area contributed by atoms with E-state index in [0.29, 0.717) is 12.1 Å². The van der Waals surface area contributed by atoms with Crippen molar-refractivity contribution >= 4 is 27.5 Å². The summed E-state index contributed by atoms with van der Waals surface area (Å²) in [5, 5.41) is 3.04. The Balaban J connectivity index is 1.15. The Morgan fingerprint density at radius 2 is 1.74 bits per heavy atom. The highest BCUT2D eigenvalue weighted by molar-refractivity contribution is 9.10. The van der Waals surface area contributed by atoms with Crippen molar-refractivity contribution in [2.24, 2.45) is 0 Å². The molecule has 0 aliphatic carbocycles. The SMILES string of the molecule is COc1ccccc1N1CCN(CCCCNC(=O)c2ccc(-c3cccc(Br)n3)cc2)CC1. The Kier molecular flexibility index (Phi) is 8.55. The van der Waals surface area contributed by atoms with Gasteiger partial charge in [-0.05, 0) is 71.7 Å². The van der Waals surface area contributed by atoms with Crippen LogP contribution in [0.4, 0.5) is 5.69 Å². The molecule has 1 aliphatic rings. The van der Waals surface area contributed by atoms with Crippen molar-refractivity contribution in [3.63, 3.8) is 0 Å². The number of carbonyl (C=O) groups excluding carboxylic acids is 1. The van der Waals surface area contributed by atoms with Crippen molar-refractivity contribution in [2.75, 3.05) is 51.3 Å². The van der Waals surface area contributed by atoms with E-state index in [1.54, 1.807) is 7.11 Å². The number of ether oxygens (including phenoxy) is 1. The fourth-order valence-corrected chi connectivity index (χ4v) is 4.57. The summed E-state index contributed by atoms with van der Waals surface area (Å²) in [7, 11) is 1.73. The van der Waals surface area contributed by atoms with E-state index in [2.05, 4.69) is 48.2 Å². The molecule has 0 atom stereocenters. The topological polar surface area (TPSA) is 57.7 Å². The molecule has 6 nitrogen and oxygen atoms in total. The van der Waals surface area contributed by atoms with Gasteiger partial charge in [0.15, 0.2) is 0 Å². The number of piperazine rings is 1. The van der Waals surface area contributed by atoms with Gasteiger partial charge in [0, 0.05) is 43.9 Å². The molecular weight excluding hydrogens is 492 g/mol. The molecule has 1 fully saturated rings. The smallest absolute Gasteiger partial charge is 0.251 e. The van der Waals surface area contributed by atoms with Gasteiger partial charge in [0.1, 0.15) is 10.4 Å². The van der Waals surface area contributed by atoms with Crippen LogP contribution < -0.4 is 15.0 Å². The molecule has 1 N–H and O–H groups in total. The van der Waals surface area contributed by atoms with Crippen LogP contribution in [0.15, 0.2) is 71.3 Å². The summed E-state index contributed by atoms with van der Waals surface area (Å²) in [4.78, 5) is 21.8. The number of para-hydroxylation sites is 2. The Bertz CT molecular complexity index is 1080. The summed E-state index contributed by atoms with van der Waals surface area (Å²) in [6, 6.07) is 21.6. The highest BCUT2D eigenvalue weighted by Crippen LogP contribution is 2.28. The third-order valence-corrected chi connectivity index (χ3v) is 6.58. The number of pyridine rings is 1. The van der Waals surface area contributed by atoms with E-state index in [0.717, 1.165) is 67.2 Å². The van der Waals surface area contributed by atoms with E-state index in [1.807, 2.05) is 54.6 Å². The number of aromatic nitrogens is 1. The zero-order valence-electron chi connectivity index (χ0n) is 19.5. The molecule has 2 aromatic carbocycles. The van der Waals surface area contributed by atoms with Crippen LogP contribution >= 0.6 is 15.9 Å². The summed E-state index contributed by atoms with van der Waals surface area (Å²) < 4.78 is 6.30. The second kappa shape index (κ2) is 12.0. The van der Waals surface area contributed by atoms with Crippen LogP contribution in [0, 0.1) is 0 Å². The Morgan fingerprint density at radius 3 is 2.47 bits per heavy atom. The van der Waals surface area contributed by atoms with Crippen molar-refractivity contribution in [1.82, 2.24) is 15.2 Å². The van der Waals surface area contributed by atoms with Gasteiger partial charge in [-0.3, -0.25) is 9.69 Å². The first-order valence-corrected chi connectivity index (χ1v) is 12.5. The number of unbranched alkanes of at least 4 members (excludes halogenated alkanes) is 1. The van der Waals surface area contributed by atoms with Gasteiger partial charge in [-0.1, -0.05) is 30.3 Å². The second-order valence-electron chi connectivity index (χ2n) is 8.39. The van der Waals surface area contributed by atoms with Gasteiger partial charge < -0.3 is 15.0 Å². The quantitative estimate of drug-likeness (QED) is 0.321. The summed E-state index contributed by atoms with van der Waals surface area (Å²) in [5.74, 6) is 0.908.